The standard InChI is InChI=1S/C16H21FN2O2/c1-3-21-15(2)9-12(15)18-14(20)19-13-10-16(13,17)11-7-5-4-6-8-11/h4-8,12-13H,3,9-10H2,1-2H3,(H2,18,19,20)/t12-,13?,15+,16?/m1/s1. The van der Waals surface area contributed by atoms with Gasteiger partial charge in [0, 0.05) is 19.4 Å². The van der Waals surface area contributed by atoms with E-state index < -0.39 is 11.7 Å². The minimum Gasteiger partial charge on any atom is -0.373 e. The Morgan fingerprint density at radius 3 is 2.62 bits per heavy atom. The van der Waals surface area contributed by atoms with Gasteiger partial charge in [-0.1, -0.05) is 30.3 Å². The number of carbonyl (C=O) groups is 1. The number of alkyl halides is 1. The van der Waals surface area contributed by atoms with Crippen molar-refractivity contribution in [3.8, 4) is 0 Å². The van der Waals surface area contributed by atoms with E-state index >= 15 is 0 Å². The van der Waals surface area contributed by atoms with Crippen molar-refractivity contribution in [3.05, 3.63) is 35.9 Å². The number of carbonyl (C=O) groups excluding carboxylic acids is 1. The van der Waals surface area contributed by atoms with Crippen LogP contribution in [0.5, 0.6) is 0 Å². The summed E-state index contributed by atoms with van der Waals surface area (Å²) in [6.07, 6.45) is 1.14. The average molecular weight is 292 g/mol. The van der Waals surface area contributed by atoms with Crippen LogP contribution in [0, 0.1) is 0 Å². The van der Waals surface area contributed by atoms with Gasteiger partial charge in [0.1, 0.15) is 0 Å². The van der Waals surface area contributed by atoms with Crippen LogP contribution in [0.3, 0.4) is 0 Å². The number of hydrogen-bond donors (Lipinski definition) is 2. The zero-order chi connectivity index (χ0) is 15.1. The van der Waals surface area contributed by atoms with Crippen molar-refractivity contribution in [1.29, 1.82) is 0 Å². The van der Waals surface area contributed by atoms with Gasteiger partial charge in [-0.2, -0.15) is 0 Å². The third kappa shape index (κ3) is 2.75. The highest BCUT2D eigenvalue weighted by atomic mass is 19.1. The third-order valence-corrected chi connectivity index (χ3v) is 4.42. The molecular formula is C16H21FN2O2. The Balaban J connectivity index is 1.50. The van der Waals surface area contributed by atoms with Gasteiger partial charge >= 0.3 is 6.03 Å². The summed E-state index contributed by atoms with van der Waals surface area (Å²) in [5, 5.41) is 5.56. The molecule has 1 aromatic carbocycles. The molecule has 0 aromatic heterocycles. The third-order valence-electron chi connectivity index (χ3n) is 4.42. The van der Waals surface area contributed by atoms with Gasteiger partial charge in [-0.3, -0.25) is 0 Å². The van der Waals surface area contributed by atoms with E-state index in [0.717, 1.165) is 6.42 Å². The average Bonchev–Trinajstić information content (AvgIpc) is 3.29. The maximum atomic E-state index is 14.6. The maximum Gasteiger partial charge on any atom is 0.315 e. The molecule has 3 rings (SSSR count). The lowest BCUT2D eigenvalue weighted by Crippen LogP contribution is -2.42. The number of nitrogens with one attached hydrogen (secondary N) is 2. The summed E-state index contributed by atoms with van der Waals surface area (Å²) in [6.45, 7) is 4.53. The Kier molecular flexibility index (Phi) is 3.40. The van der Waals surface area contributed by atoms with Crippen LogP contribution >= 0.6 is 0 Å². The molecule has 2 unspecified atom stereocenters. The fourth-order valence-corrected chi connectivity index (χ4v) is 2.84. The lowest BCUT2D eigenvalue weighted by molar-refractivity contribution is 0.0492. The van der Waals surface area contributed by atoms with Gasteiger partial charge in [0.25, 0.3) is 0 Å². The Hall–Kier alpha value is -1.62. The van der Waals surface area contributed by atoms with Gasteiger partial charge < -0.3 is 15.4 Å². The minimum atomic E-state index is -1.43. The monoisotopic (exact) mass is 292 g/mol. The molecule has 0 spiro atoms. The second kappa shape index (κ2) is 4.98. The highest BCUT2D eigenvalue weighted by Crippen LogP contribution is 2.49. The van der Waals surface area contributed by atoms with E-state index in [1.165, 1.54) is 0 Å². The number of halogens is 1. The molecule has 2 aliphatic carbocycles. The molecule has 4 nitrogen and oxygen atoms in total. The van der Waals surface area contributed by atoms with Crippen molar-refractivity contribution in [1.82, 2.24) is 10.6 Å². The molecule has 114 valence electrons. The lowest BCUT2D eigenvalue weighted by atomic mass is 10.1. The first-order valence-electron chi connectivity index (χ1n) is 7.43. The molecule has 2 N–H and O–H groups in total. The first-order valence-corrected chi connectivity index (χ1v) is 7.43. The molecule has 21 heavy (non-hydrogen) atoms. The van der Waals surface area contributed by atoms with E-state index in [0.29, 0.717) is 18.6 Å². The predicted octanol–water partition coefficient (Wildman–Crippen LogP) is 2.49. The van der Waals surface area contributed by atoms with Crippen molar-refractivity contribution in [2.45, 2.75) is 50.0 Å². The fraction of sp³-hybridized carbons (Fsp3) is 0.562. The van der Waals surface area contributed by atoms with Gasteiger partial charge in [-0.15, -0.1) is 0 Å². The van der Waals surface area contributed by atoms with Crippen LogP contribution in [0.2, 0.25) is 0 Å². The SMILES string of the molecule is CCO[C@@]1(C)C[C@H]1NC(=O)NC1CC1(F)c1ccccc1. The molecule has 0 aliphatic heterocycles. The largest absolute Gasteiger partial charge is 0.373 e. The second-order valence-electron chi connectivity index (χ2n) is 6.11. The molecule has 2 saturated carbocycles. The summed E-state index contributed by atoms with van der Waals surface area (Å²) < 4.78 is 20.2. The quantitative estimate of drug-likeness (QED) is 0.876. The van der Waals surface area contributed by atoms with E-state index in [2.05, 4.69) is 10.6 Å². The molecule has 2 amide bonds. The van der Waals surface area contributed by atoms with E-state index in [9.17, 15) is 9.18 Å². The normalized spacial score (nSPS) is 36.9. The van der Waals surface area contributed by atoms with Crippen LogP contribution in [0.1, 0.15) is 32.3 Å². The summed E-state index contributed by atoms with van der Waals surface area (Å²) in [5.74, 6) is 0. The molecule has 2 aliphatic rings. The van der Waals surface area contributed by atoms with Crippen LogP contribution in [0.25, 0.3) is 0 Å². The zero-order valence-corrected chi connectivity index (χ0v) is 12.4. The van der Waals surface area contributed by atoms with Crippen molar-refractivity contribution in [3.63, 3.8) is 0 Å². The van der Waals surface area contributed by atoms with Crippen molar-refractivity contribution in [2.75, 3.05) is 6.61 Å². The van der Waals surface area contributed by atoms with E-state index in [1.807, 2.05) is 32.0 Å². The summed E-state index contributed by atoms with van der Waals surface area (Å²) in [4.78, 5) is 11.9. The van der Waals surface area contributed by atoms with E-state index in [1.54, 1.807) is 12.1 Å². The number of hydrogen-bond acceptors (Lipinski definition) is 2. The Labute approximate surface area is 124 Å². The van der Waals surface area contributed by atoms with Crippen LogP contribution in [0.15, 0.2) is 30.3 Å². The summed E-state index contributed by atoms with van der Waals surface area (Å²) in [5.41, 5.74) is -1.06. The molecule has 0 saturated heterocycles. The number of rotatable bonds is 5. The molecule has 5 heteroatoms. The summed E-state index contributed by atoms with van der Waals surface area (Å²) in [6, 6.07) is 8.24. The van der Waals surface area contributed by atoms with Crippen LogP contribution in [-0.4, -0.2) is 30.3 Å². The van der Waals surface area contributed by atoms with Gasteiger partial charge in [0.05, 0.1) is 17.7 Å². The second-order valence-corrected chi connectivity index (χ2v) is 6.11. The number of benzene rings is 1. The topological polar surface area (TPSA) is 50.4 Å². The molecule has 4 atom stereocenters. The Bertz CT molecular complexity index is 538. The van der Waals surface area contributed by atoms with E-state index in [4.69, 9.17) is 4.74 Å². The highest BCUT2D eigenvalue weighted by molar-refractivity contribution is 5.76. The van der Waals surface area contributed by atoms with Crippen LogP contribution in [0.4, 0.5) is 9.18 Å². The molecule has 1 aromatic rings. The molecular weight excluding hydrogens is 271 g/mol. The number of ether oxygens (including phenoxy) is 1. The number of amides is 2. The predicted molar refractivity (Wildman–Crippen MR) is 77.7 cm³/mol. The Morgan fingerprint density at radius 2 is 1.95 bits per heavy atom. The molecule has 0 heterocycles. The van der Waals surface area contributed by atoms with Crippen molar-refractivity contribution >= 4 is 6.03 Å². The van der Waals surface area contributed by atoms with Crippen LogP contribution in [-0.2, 0) is 10.4 Å². The maximum absolute atomic E-state index is 14.6. The van der Waals surface area contributed by atoms with Crippen molar-refractivity contribution < 1.29 is 13.9 Å². The Morgan fingerprint density at radius 1 is 1.29 bits per heavy atom. The van der Waals surface area contributed by atoms with E-state index in [-0.39, 0.29) is 17.7 Å². The fourth-order valence-electron chi connectivity index (χ4n) is 2.84. The smallest absolute Gasteiger partial charge is 0.315 e. The van der Waals surface area contributed by atoms with Crippen molar-refractivity contribution in [2.24, 2.45) is 0 Å². The van der Waals surface area contributed by atoms with Crippen LogP contribution < -0.4 is 10.6 Å². The first kappa shape index (κ1) is 14.3. The van der Waals surface area contributed by atoms with Gasteiger partial charge in [0.15, 0.2) is 5.67 Å². The molecule has 2 fully saturated rings. The molecule has 0 radical (unpaired) electrons. The summed E-state index contributed by atoms with van der Waals surface area (Å²) in [7, 11) is 0. The zero-order valence-electron chi connectivity index (χ0n) is 12.4. The molecule has 0 bridgehead atoms. The number of urea groups is 1. The van der Waals surface area contributed by atoms with Gasteiger partial charge in [-0.25, -0.2) is 9.18 Å². The minimum absolute atomic E-state index is 0.0157. The first-order chi connectivity index (χ1) is 9.98. The van der Waals surface area contributed by atoms with Gasteiger partial charge in [-0.05, 0) is 19.4 Å². The highest BCUT2D eigenvalue weighted by Gasteiger charge is 2.58. The van der Waals surface area contributed by atoms with Gasteiger partial charge in [0.2, 0.25) is 0 Å². The lowest BCUT2D eigenvalue weighted by Gasteiger charge is -2.13. The summed E-state index contributed by atoms with van der Waals surface area (Å²) >= 11 is 0.